The van der Waals surface area contributed by atoms with Crippen molar-refractivity contribution < 1.29 is 34.2 Å². The van der Waals surface area contributed by atoms with Crippen LogP contribution in [0.3, 0.4) is 0 Å². The summed E-state index contributed by atoms with van der Waals surface area (Å²) >= 11 is 3.97. The Morgan fingerprint density at radius 3 is 2.10 bits per heavy atom. The third kappa shape index (κ3) is 8.08. The number of amides is 3. The van der Waals surface area contributed by atoms with E-state index in [4.69, 9.17) is 15.9 Å². The predicted molar refractivity (Wildman–Crippen MR) is 105 cm³/mol. The van der Waals surface area contributed by atoms with Gasteiger partial charge in [-0.05, 0) is 6.92 Å². The lowest BCUT2D eigenvalue weighted by Gasteiger charge is -2.23. The van der Waals surface area contributed by atoms with Crippen molar-refractivity contribution in [1.82, 2.24) is 25.9 Å². The minimum Gasteiger partial charge on any atom is -0.481 e. The van der Waals surface area contributed by atoms with Crippen molar-refractivity contribution in [2.75, 3.05) is 5.75 Å². The molecule has 166 valence electrons. The van der Waals surface area contributed by atoms with E-state index in [0.717, 1.165) is 0 Å². The van der Waals surface area contributed by atoms with Gasteiger partial charge < -0.3 is 36.9 Å². The second-order valence-corrected chi connectivity index (χ2v) is 6.74. The van der Waals surface area contributed by atoms with Gasteiger partial charge in [0.2, 0.25) is 17.7 Å². The summed E-state index contributed by atoms with van der Waals surface area (Å²) in [5.74, 6) is -5.48. The summed E-state index contributed by atoms with van der Waals surface area (Å²) in [4.78, 5) is 65.4. The molecule has 0 aliphatic carbocycles. The number of nitrogens with zero attached hydrogens (tertiary/aromatic N) is 1. The van der Waals surface area contributed by atoms with Crippen molar-refractivity contribution in [3.8, 4) is 0 Å². The zero-order valence-electron chi connectivity index (χ0n) is 16.0. The highest BCUT2D eigenvalue weighted by atomic mass is 32.1. The third-order valence-corrected chi connectivity index (χ3v) is 4.20. The fourth-order valence-corrected chi connectivity index (χ4v) is 2.50. The molecule has 1 aromatic heterocycles. The van der Waals surface area contributed by atoms with Gasteiger partial charge >= 0.3 is 11.9 Å². The first kappa shape index (κ1) is 24.9. The topological polar surface area (TPSA) is 217 Å². The molecule has 1 heterocycles. The van der Waals surface area contributed by atoms with Crippen molar-refractivity contribution in [3.05, 3.63) is 18.2 Å². The number of carbonyl (C=O) groups excluding carboxylic acids is 3. The third-order valence-electron chi connectivity index (χ3n) is 3.83. The van der Waals surface area contributed by atoms with E-state index in [1.165, 1.54) is 19.4 Å². The molecule has 0 aliphatic heterocycles. The molecule has 0 saturated carbocycles. The smallest absolute Gasteiger partial charge is 0.326 e. The molecule has 3 amide bonds. The SMILES string of the molecule is CC(N)C(=O)NC(Cc1cnc[nH]1)C(=O)NC(CS)C(=O)NC(CC(=O)O)C(=O)O. The highest BCUT2D eigenvalue weighted by molar-refractivity contribution is 7.80. The first-order valence-electron chi connectivity index (χ1n) is 8.74. The minimum absolute atomic E-state index is 0.0158. The van der Waals surface area contributed by atoms with Crippen LogP contribution in [0.5, 0.6) is 0 Å². The van der Waals surface area contributed by atoms with Crippen LogP contribution in [0.1, 0.15) is 19.0 Å². The van der Waals surface area contributed by atoms with E-state index in [1.807, 2.05) is 5.32 Å². The summed E-state index contributed by atoms with van der Waals surface area (Å²) in [5, 5.41) is 24.7. The molecule has 0 radical (unpaired) electrons. The summed E-state index contributed by atoms with van der Waals surface area (Å²) in [7, 11) is 0. The number of hydrogen-bond acceptors (Lipinski definition) is 8. The Kier molecular flexibility index (Phi) is 9.77. The van der Waals surface area contributed by atoms with Gasteiger partial charge in [0, 0.05) is 24.1 Å². The molecule has 30 heavy (non-hydrogen) atoms. The number of rotatable bonds is 12. The molecule has 0 aromatic carbocycles. The number of nitrogens with one attached hydrogen (secondary N) is 4. The van der Waals surface area contributed by atoms with E-state index in [-0.39, 0.29) is 12.2 Å². The molecular weight excluding hydrogens is 420 g/mol. The molecule has 1 rings (SSSR count). The minimum atomic E-state index is -1.69. The van der Waals surface area contributed by atoms with Crippen molar-refractivity contribution >= 4 is 42.3 Å². The number of thiol groups is 1. The number of hydrogen-bond donors (Lipinski definition) is 8. The Morgan fingerprint density at radius 2 is 1.63 bits per heavy atom. The lowest BCUT2D eigenvalue weighted by Crippen LogP contribution is -2.58. The average Bonchev–Trinajstić information content (AvgIpc) is 3.17. The van der Waals surface area contributed by atoms with Crippen LogP contribution in [-0.4, -0.2) is 79.8 Å². The van der Waals surface area contributed by atoms with Crippen molar-refractivity contribution in [1.29, 1.82) is 0 Å². The Morgan fingerprint density at radius 1 is 1.07 bits per heavy atom. The van der Waals surface area contributed by atoms with Crippen LogP contribution in [-0.2, 0) is 30.4 Å². The molecule has 1 aromatic rings. The monoisotopic (exact) mass is 444 g/mol. The van der Waals surface area contributed by atoms with Gasteiger partial charge in [0.15, 0.2) is 0 Å². The Bertz CT molecular complexity index is 770. The first-order valence-corrected chi connectivity index (χ1v) is 9.37. The lowest BCUT2D eigenvalue weighted by molar-refractivity contribution is -0.147. The molecule has 0 bridgehead atoms. The Hall–Kier alpha value is -3.13. The van der Waals surface area contributed by atoms with Crippen LogP contribution >= 0.6 is 12.6 Å². The lowest BCUT2D eigenvalue weighted by atomic mass is 10.1. The molecule has 0 spiro atoms. The number of carboxylic acids is 2. The second-order valence-electron chi connectivity index (χ2n) is 6.37. The number of nitrogens with two attached hydrogens (primary N) is 1. The number of aromatic nitrogens is 2. The summed E-state index contributed by atoms with van der Waals surface area (Å²) < 4.78 is 0. The number of aromatic amines is 1. The molecule has 0 aliphatic rings. The average molecular weight is 444 g/mol. The largest absolute Gasteiger partial charge is 0.481 e. The summed E-state index contributed by atoms with van der Waals surface area (Å²) in [5.41, 5.74) is 6.04. The van der Waals surface area contributed by atoms with E-state index in [0.29, 0.717) is 5.69 Å². The van der Waals surface area contributed by atoms with Gasteiger partial charge in [0.1, 0.15) is 18.1 Å². The maximum atomic E-state index is 12.7. The van der Waals surface area contributed by atoms with Gasteiger partial charge in [0.25, 0.3) is 0 Å². The molecule has 0 saturated heterocycles. The molecular formula is C16H24N6O7S. The van der Waals surface area contributed by atoms with Crippen LogP contribution in [0.25, 0.3) is 0 Å². The summed E-state index contributed by atoms with van der Waals surface area (Å²) in [6, 6.07) is -4.98. The molecule has 13 nitrogen and oxygen atoms in total. The number of carboxylic acid groups (broad SMARTS) is 2. The fourth-order valence-electron chi connectivity index (χ4n) is 2.24. The first-order chi connectivity index (χ1) is 14.0. The molecule has 4 atom stereocenters. The fraction of sp³-hybridized carbons (Fsp3) is 0.500. The van der Waals surface area contributed by atoms with Gasteiger partial charge in [-0.15, -0.1) is 0 Å². The maximum absolute atomic E-state index is 12.7. The molecule has 0 fully saturated rings. The molecule has 14 heteroatoms. The van der Waals surface area contributed by atoms with Crippen LogP contribution in [0.4, 0.5) is 0 Å². The molecule has 8 N–H and O–H groups in total. The van der Waals surface area contributed by atoms with E-state index in [9.17, 15) is 24.0 Å². The van der Waals surface area contributed by atoms with Crippen LogP contribution in [0.2, 0.25) is 0 Å². The number of H-pyrrole nitrogens is 1. The quantitative estimate of drug-likeness (QED) is 0.156. The van der Waals surface area contributed by atoms with Crippen LogP contribution in [0.15, 0.2) is 12.5 Å². The van der Waals surface area contributed by atoms with Crippen molar-refractivity contribution in [3.63, 3.8) is 0 Å². The predicted octanol–water partition coefficient (Wildman–Crippen LogP) is -2.76. The van der Waals surface area contributed by atoms with Crippen molar-refractivity contribution in [2.45, 2.75) is 43.9 Å². The Balaban J connectivity index is 2.88. The maximum Gasteiger partial charge on any atom is 0.326 e. The number of aliphatic carboxylic acids is 2. The van der Waals surface area contributed by atoms with E-state index in [1.54, 1.807) is 0 Å². The van der Waals surface area contributed by atoms with Gasteiger partial charge in [-0.3, -0.25) is 19.2 Å². The summed E-state index contributed by atoms with van der Waals surface area (Å²) in [6.07, 6.45) is 2.00. The zero-order chi connectivity index (χ0) is 22.8. The standard InChI is InChI=1S/C16H24N6O7S/c1-7(17)13(25)20-9(2-8-4-18-6-19-8)14(26)22-11(5-30)15(27)21-10(16(28)29)3-12(23)24/h4,6-7,9-11,30H,2-3,5,17H2,1H3,(H,18,19)(H,20,25)(H,21,27)(H,22,26)(H,23,24)(H,28,29). The van der Waals surface area contributed by atoms with Crippen LogP contribution in [0, 0.1) is 0 Å². The zero-order valence-corrected chi connectivity index (χ0v) is 16.9. The van der Waals surface area contributed by atoms with E-state index < -0.39 is 60.2 Å². The van der Waals surface area contributed by atoms with E-state index >= 15 is 0 Å². The summed E-state index contributed by atoms with van der Waals surface area (Å²) in [6.45, 7) is 1.43. The van der Waals surface area contributed by atoms with Gasteiger partial charge in [-0.1, -0.05) is 0 Å². The second kappa shape index (κ2) is 11.8. The van der Waals surface area contributed by atoms with Gasteiger partial charge in [0.05, 0.1) is 18.8 Å². The highest BCUT2D eigenvalue weighted by Crippen LogP contribution is 2.02. The molecule has 4 unspecified atom stereocenters. The number of carbonyl (C=O) groups is 5. The Labute approximate surface area is 176 Å². The number of imidazole rings is 1. The van der Waals surface area contributed by atoms with Gasteiger partial charge in [-0.25, -0.2) is 9.78 Å². The van der Waals surface area contributed by atoms with Crippen molar-refractivity contribution in [2.24, 2.45) is 5.73 Å². The van der Waals surface area contributed by atoms with Gasteiger partial charge in [-0.2, -0.15) is 12.6 Å². The van der Waals surface area contributed by atoms with Crippen LogP contribution < -0.4 is 21.7 Å². The highest BCUT2D eigenvalue weighted by Gasteiger charge is 2.30. The van der Waals surface area contributed by atoms with E-state index in [2.05, 4.69) is 33.2 Å². The normalized spacial score (nSPS) is 14.6.